The van der Waals surface area contributed by atoms with Crippen molar-refractivity contribution in [2.24, 2.45) is 5.73 Å². The van der Waals surface area contributed by atoms with E-state index in [0.29, 0.717) is 19.6 Å². The lowest BCUT2D eigenvalue weighted by molar-refractivity contribution is 0.414. The predicted octanol–water partition coefficient (Wildman–Crippen LogP) is -0.346. The van der Waals surface area contributed by atoms with Crippen LogP contribution in [0.5, 0.6) is 0 Å². The van der Waals surface area contributed by atoms with E-state index in [4.69, 9.17) is 5.73 Å². The van der Waals surface area contributed by atoms with Crippen LogP contribution in [0, 0.1) is 0 Å². The second-order valence-corrected chi connectivity index (χ2v) is 5.97. The highest BCUT2D eigenvalue weighted by Gasteiger charge is 2.30. The Bertz CT molecular complexity index is 281. The van der Waals surface area contributed by atoms with Gasteiger partial charge in [-0.05, 0) is 26.7 Å². The number of rotatable bonds is 4. The summed E-state index contributed by atoms with van der Waals surface area (Å²) in [5.74, 6) is 0. The van der Waals surface area contributed by atoms with Crippen molar-refractivity contribution in [1.82, 2.24) is 9.03 Å². The molecule has 0 bridgehead atoms. The number of hydrogen-bond acceptors (Lipinski definition) is 3. The maximum Gasteiger partial charge on any atom is 0.279 e. The van der Waals surface area contributed by atoms with Crippen LogP contribution in [-0.4, -0.2) is 37.9 Å². The summed E-state index contributed by atoms with van der Waals surface area (Å²) in [5.41, 5.74) is 4.90. The van der Waals surface area contributed by atoms with Gasteiger partial charge in [-0.2, -0.15) is 17.4 Å². The fourth-order valence-corrected chi connectivity index (χ4v) is 3.03. The normalized spacial score (nSPS) is 20.2. The van der Waals surface area contributed by atoms with Crippen molar-refractivity contribution >= 4 is 10.2 Å². The Morgan fingerprint density at radius 2 is 1.86 bits per heavy atom. The molecule has 0 aromatic rings. The number of nitrogens with zero attached hydrogens (tertiary/aromatic N) is 1. The fourth-order valence-electron chi connectivity index (χ4n) is 1.38. The predicted molar refractivity (Wildman–Crippen MR) is 56.0 cm³/mol. The third-order valence-electron chi connectivity index (χ3n) is 2.32. The quantitative estimate of drug-likeness (QED) is 0.681. The first-order valence-electron chi connectivity index (χ1n) is 4.86. The molecule has 1 rings (SSSR count). The Balaban J connectivity index is 2.66. The van der Waals surface area contributed by atoms with Crippen LogP contribution in [0.15, 0.2) is 0 Å². The monoisotopic (exact) mass is 221 g/mol. The van der Waals surface area contributed by atoms with Crippen molar-refractivity contribution in [2.45, 2.75) is 32.2 Å². The van der Waals surface area contributed by atoms with Gasteiger partial charge in [-0.25, -0.2) is 0 Å². The van der Waals surface area contributed by atoms with Crippen LogP contribution in [0.2, 0.25) is 0 Å². The third kappa shape index (κ3) is 2.91. The summed E-state index contributed by atoms with van der Waals surface area (Å²) in [5, 5.41) is 0. The van der Waals surface area contributed by atoms with Crippen LogP contribution >= 0.6 is 0 Å². The maximum atomic E-state index is 11.8. The van der Waals surface area contributed by atoms with Gasteiger partial charge in [-0.3, -0.25) is 0 Å². The SMILES string of the molecule is CC(C)(CN)NS(=O)(=O)N1CCCC1. The van der Waals surface area contributed by atoms with Gasteiger partial charge in [0.05, 0.1) is 0 Å². The lowest BCUT2D eigenvalue weighted by Gasteiger charge is -2.27. The Kier molecular flexibility index (Phi) is 3.52. The van der Waals surface area contributed by atoms with Crippen LogP contribution in [0.1, 0.15) is 26.7 Å². The van der Waals surface area contributed by atoms with Gasteiger partial charge in [0, 0.05) is 25.2 Å². The average Bonchev–Trinajstić information content (AvgIpc) is 2.54. The molecule has 1 heterocycles. The van der Waals surface area contributed by atoms with Gasteiger partial charge < -0.3 is 5.73 Å². The molecule has 1 aliphatic rings. The first kappa shape index (κ1) is 11.9. The van der Waals surface area contributed by atoms with E-state index in [0.717, 1.165) is 12.8 Å². The van der Waals surface area contributed by atoms with Crippen LogP contribution in [0.25, 0.3) is 0 Å². The second kappa shape index (κ2) is 4.14. The molecule has 84 valence electrons. The van der Waals surface area contributed by atoms with Gasteiger partial charge in [0.1, 0.15) is 0 Å². The second-order valence-electron chi connectivity index (χ2n) is 4.30. The molecule has 3 N–H and O–H groups in total. The zero-order valence-electron chi connectivity index (χ0n) is 8.78. The van der Waals surface area contributed by atoms with Crippen molar-refractivity contribution in [3.63, 3.8) is 0 Å². The lowest BCUT2D eigenvalue weighted by atomic mass is 10.1. The minimum absolute atomic E-state index is 0.292. The number of nitrogens with two attached hydrogens (primary N) is 1. The molecule has 1 aliphatic heterocycles. The standard InChI is InChI=1S/C8H19N3O2S/c1-8(2,7-9)10-14(12,13)11-5-3-4-6-11/h10H,3-7,9H2,1-2H3. The minimum atomic E-state index is -3.33. The van der Waals surface area contributed by atoms with Crippen molar-refractivity contribution < 1.29 is 8.42 Å². The largest absolute Gasteiger partial charge is 0.329 e. The lowest BCUT2D eigenvalue weighted by Crippen LogP contribution is -2.53. The Hall–Kier alpha value is -0.170. The average molecular weight is 221 g/mol. The van der Waals surface area contributed by atoms with Crippen LogP contribution < -0.4 is 10.5 Å². The Morgan fingerprint density at radius 3 is 2.29 bits per heavy atom. The van der Waals surface area contributed by atoms with Gasteiger partial charge in [0.2, 0.25) is 0 Å². The molecule has 5 nitrogen and oxygen atoms in total. The van der Waals surface area contributed by atoms with Crippen LogP contribution in [0.3, 0.4) is 0 Å². The topological polar surface area (TPSA) is 75.4 Å². The highest BCUT2D eigenvalue weighted by atomic mass is 32.2. The zero-order chi connectivity index (χ0) is 10.8. The molecule has 0 aromatic carbocycles. The Labute approximate surface area is 85.8 Å². The van der Waals surface area contributed by atoms with Crippen LogP contribution in [0.4, 0.5) is 0 Å². The zero-order valence-corrected chi connectivity index (χ0v) is 9.60. The summed E-state index contributed by atoms with van der Waals surface area (Å²) >= 11 is 0. The summed E-state index contributed by atoms with van der Waals surface area (Å²) in [7, 11) is -3.33. The van der Waals surface area contributed by atoms with Crippen molar-refractivity contribution in [2.75, 3.05) is 19.6 Å². The van der Waals surface area contributed by atoms with E-state index in [9.17, 15) is 8.42 Å². The molecule has 1 saturated heterocycles. The molecule has 1 fully saturated rings. The molecule has 0 saturated carbocycles. The molecule has 0 radical (unpaired) electrons. The van der Waals surface area contributed by atoms with Gasteiger partial charge in [-0.1, -0.05) is 0 Å². The first-order valence-corrected chi connectivity index (χ1v) is 6.30. The molecule has 0 spiro atoms. The smallest absolute Gasteiger partial charge is 0.279 e. The first-order chi connectivity index (χ1) is 6.37. The van der Waals surface area contributed by atoms with E-state index in [1.165, 1.54) is 4.31 Å². The maximum absolute atomic E-state index is 11.8. The van der Waals surface area contributed by atoms with E-state index in [1.54, 1.807) is 13.8 Å². The summed E-state index contributed by atoms with van der Waals surface area (Å²) in [6.45, 7) is 5.09. The summed E-state index contributed by atoms with van der Waals surface area (Å²) in [6, 6.07) is 0. The third-order valence-corrected chi connectivity index (χ3v) is 4.18. The highest BCUT2D eigenvalue weighted by molar-refractivity contribution is 7.87. The molecule has 0 aliphatic carbocycles. The molecule has 0 unspecified atom stereocenters. The van der Waals surface area contributed by atoms with Gasteiger partial charge in [-0.15, -0.1) is 0 Å². The molecule has 14 heavy (non-hydrogen) atoms. The van der Waals surface area contributed by atoms with E-state index in [1.807, 2.05) is 0 Å². The molecular weight excluding hydrogens is 202 g/mol. The molecular formula is C8H19N3O2S. The van der Waals surface area contributed by atoms with Gasteiger partial charge in [0.25, 0.3) is 10.2 Å². The highest BCUT2D eigenvalue weighted by Crippen LogP contribution is 2.13. The molecule has 0 aromatic heterocycles. The number of hydrogen-bond donors (Lipinski definition) is 2. The molecule has 0 atom stereocenters. The number of nitrogens with one attached hydrogen (secondary N) is 1. The summed E-state index contributed by atoms with van der Waals surface area (Å²) < 4.78 is 27.6. The molecule has 6 heteroatoms. The van der Waals surface area contributed by atoms with E-state index in [2.05, 4.69) is 4.72 Å². The van der Waals surface area contributed by atoms with Crippen molar-refractivity contribution in [3.8, 4) is 0 Å². The van der Waals surface area contributed by atoms with Crippen molar-refractivity contribution in [1.29, 1.82) is 0 Å². The fraction of sp³-hybridized carbons (Fsp3) is 1.00. The van der Waals surface area contributed by atoms with E-state index < -0.39 is 15.7 Å². The van der Waals surface area contributed by atoms with Gasteiger partial charge >= 0.3 is 0 Å². The Morgan fingerprint density at radius 1 is 1.36 bits per heavy atom. The van der Waals surface area contributed by atoms with E-state index in [-0.39, 0.29) is 0 Å². The molecule has 0 amide bonds. The summed E-state index contributed by atoms with van der Waals surface area (Å²) in [6.07, 6.45) is 1.90. The van der Waals surface area contributed by atoms with Gasteiger partial charge in [0.15, 0.2) is 0 Å². The minimum Gasteiger partial charge on any atom is -0.329 e. The van der Waals surface area contributed by atoms with E-state index >= 15 is 0 Å². The summed E-state index contributed by atoms with van der Waals surface area (Å²) in [4.78, 5) is 0. The van der Waals surface area contributed by atoms with Crippen molar-refractivity contribution in [3.05, 3.63) is 0 Å². The van der Waals surface area contributed by atoms with Crippen LogP contribution in [-0.2, 0) is 10.2 Å².